The van der Waals surface area contributed by atoms with Gasteiger partial charge in [0.2, 0.25) is 5.91 Å². The molecule has 148 valence electrons. The van der Waals surface area contributed by atoms with Crippen molar-refractivity contribution >= 4 is 29.1 Å². The van der Waals surface area contributed by atoms with Gasteiger partial charge < -0.3 is 10.2 Å². The standard InChI is InChI=1S/C22H25Cl2N3O/c1-26(15-16-12-18(23)14-19(24)13-16)21(28)22(27-10-8-25-9-11-27)7-6-17-4-2-3-5-20(17)22/h2-5,12-14,25H,6-11,15H2,1H3/t22-/m1/s1. The molecule has 0 spiro atoms. The second-order valence-corrected chi connectivity index (χ2v) is 8.57. The predicted molar refractivity (Wildman–Crippen MR) is 114 cm³/mol. The lowest BCUT2D eigenvalue weighted by molar-refractivity contribution is -0.145. The minimum Gasteiger partial charge on any atom is -0.340 e. The molecule has 6 heteroatoms. The fourth-order valence-electron chi connectivity index (χ4n) is 4.69. The smallest absolute Gasteiger partial charge is 0.247 e. The summed E-state index contributed by atoms with van der Waals surface area (Å²) in [4.78, 5) is 18.1. The summed E-state index contributed by atoms with van der Waals surface area (Å²) in [6, 6.07) is 13.9. The number of nitrogens with zero attached hydrogens (tertiary/aromatic N) is 2. The van der Waals surface area contributed by atoms with Crippen molar-refractivity contribution in [3.05, 3.63) is 69.2 Å². The highest BCUT2D eigenvalue weighted by molar-refractivity contribution is 6.34. The molecule has 28 heavy (non-hydrogen) atoms. The van der Waals surface area contributed by atoms with Crippen LogP contribution in [0, 0.1) is 0 Å². The van der Waals surface area contributed by atoms with E-state index in [1.807, 2.05) is 30.1 Å². The summed E-state index contributed by atoms with van der Waals surface area (Å²) >= 11 is 12.3. The van der Waals surface area contributed by atoms with Crippen molar-refractivity contribution in [3.63, 3.8) is 0 Å². The first kappa shape index (κ1) is 19.7. The molecular weight excluding hydrogens is 393 g/mol. The van der Waals surface area contributed by atoms with Crippen molar-refractivity contribution in [2.24, 2.45) is 0 Å². The molecule has 0 aromatic heterocycles. The molecule has 1 aliphatic carbocycles. The van der Waals surface area contributed by atoms with Gasteiger partial charge in [-0.15, -0.1) is 0 Å². The lowest BCUT2D eigenvalue weighted by atomic mass is 9.87. The molecule has 0 saturated carbocycles. The van der Waals surface area contributed by atoms with Crippen LogP contribution in [0.1, 0.15) is 23.1 Å². The van der Waals surface area contributed by atoms with Crippen molar-refractivity contribution in [1.29, 1.82) is 0 Å². The monoisotopic (exact) mass is 417 g/mol. The van der Waals surface area contributed by atoms with Crippen LogP contribution < -0.4 is 5.32 Å². The Labute approximate surface area is 176 Å². The Morgan fingerprint density at radius 2 is 1.82 bits per heavy atom. The van der Waals surface area contributed by atoms with Gasteiger partial charge in [-0.05, 0) is 47.7 Å². The van der Waals surface area contributed by atoms with Crippen molar-refractivity contribution in [2.45, 2.75) is 24.9 Å². The number of rotatable bonds is 4. The average Bonchev–Trinajstić information content (AvgIpc) is 3.08. The molecule has 0 unspecified atom stereocenters. The van der Waals surface area contributed by atoms with Crippen LogP contribution in [0.4, 0.5) is 0 Å². The Balaban J connectivity index is 1.68. The van der Waals surface area contributed by atoms with E-state index in [-0.39, 0.29) is 5.91 Å². The zero-order valence-electron chi connectivity index (χ0n) is 16.0. The van der Waals surface area contributed by atoms with Gasteiger partial charge in [-0.25, -0.2) is 0 Å². The Kier molecular flexibility index (Phi) is 5.66. The number of halogens is 2. The van der Waals surface area contributed by atoms with Gasteiger partial charge in [0.15, 0.2) is 0 Å². The van der Waals surface area contributed by atoms with Gasteiger partial charge in [-0.1, -0.05) is 47.5 Å². The molecule has 0 radical (unpaired) electrons. The van der Waals surface area contributed by atoms with Crippen LogP contribution in [0.5, 0.6) is 0 Å². The second-order valence-electron chi connectivity index (χ2n) is 7.69. The number of hydrogen-bond acceptors (Lipinski definition) is 3. The minimum absolute atomic E-state index is 0.149. The molecule has 1 aliphatic heterocycles. The summed E-state index contributed by atoms with van der Waals surface area (Å²) in [5, 5.41) is 4.58. The third-order valence-corrected chi connectivity index (χ3v) is 6.35. The highest BCUT2D eigenvalue weighted by Crippen LogP contribution is 2.43. The SMILES string of the molecule is CN(Cc1cc(Cl)cc(Cl)c1)C(=O)[C@@]1(N2CCNCC2)CCc2ccccc21. The van der Waals surface area contributed by atoms with E-state index >= 15 is 0 Å². The quantitative estimate of drug-likeness (QED) is 0.823. The first-order valence-electron chi connectivity index (χ1n) is 9.75. The number of carbonyl (C=O) groups excluding carboxylic acids is 1. The molecule has 1 heterocycles. The van der Waals surface area contributed by atoms with Crippen LogP contribution >= 0.6 is 23.2 Å². The second kappa shape index (κ2) is 8.03. The fourth-order valence-corrected chi connectivity index (χ4v) is 5.26. The molecule has 1 atom stereocenters. The van der Waals surface area contributed by atoms with Gasteiger partial charge in [0.25, 0.3) is 0 Å². The Morgan fingerprint density at radius 3 is 2.54 bits per heavy atom. The molecule has 2 aromatic rings. The van der Waals surface area contributed by atoms with Gasteiger partial charge >= 0.3 is 0 Å². The molecule has 4 nitrogen and oxygen atoms in total. The topological polar surface area (TPSA) is 35.6 Å². The first-order valence-corrected chi connectivity index (χ1v) is 10.5. The summed E-state index contributed by atoms with van der Waals surface area (Å²) in [6.07, 6.45) is 1.76. The molecule has 2 aliphatic rings. The zero-order chi connectivity index (χ0) is 19.7. The number of carbonyl (C=O) groups is 1. The van der Waals surface area contributed by atoms with E-state index in [9.17, 15) is 4.79 Å². The third kappa shape index (κ3) is 3.55. The van der Waals surface area contributed by atoms with E-state index in [1.54, 1.807) is 6.07 Å². The maximum Gasteiger partial charge on any atom is 0.247 e. The highest BCUT2D eigenvalue weighted by atomic mass is 35.5. The maximum atomic E-state index is 13.9. The van der Waals surface area contributed by atoms with E-state index < -0.39 is 5.54 Å². The molecule has 1 saturated heterocycles. The van der Waals surface area contributed by atoms with Gasteiger partial charge in [0.05, 0.1) is 0 Å². The van der Waals surface area contributed by atoms with Crippen LogP contribution in [0.3, 0.4) is 0 Å². The van der Waals surface area contributed by atoms with Crippen LogP contribution in [0.25, 0.3) is 0 Å². The first-order chi connectivity index (χ1) is 13.5. The summed E-state index contributed by atoms with van der Waals surface area (Å²) in [7, 11) is 1.88. The maximum absolute atomic E-state index is 13.9. The Hall–Kier alpha value is -1.59. The molecule has 0 bridgehead atoms. The fraction of sp³-hybridized carbons (Fsp3) is 0.409. The normalized spacial score (nSPS) is 22.1. The molecule has 1 fully saturated rings. The summed E-state index contributed by atoms with van der Waals surface area (Å²) in [5.74, 6) is 0.149. The van der Waals surface area contributed by atoms with Crippen LogP contribution in [-0.2, 0) is 23.3 Å². The zero-order valence-corrected chi connectivity index (χ0v) is 17.6. The van der Waals surface area contributed by atoms with Crippen molar-refractivity contribution < 1.29 is 4.79 Å². The number of piperazine rings is 1. The number of benzene rings is 2. The summed E-state index contributed by atoms with van der Waals surface area (Å²) in [6.45, 7) is 4.04. The number of hydrogen-bond donors (Lipinski definition) is 1. The summed E-state index contributed by atoms with van der Waals surface area (Å²) in [5.41, 5.74) is 2.80. The average molecular weight is 418 g/mol. The van der Waals surface area contributed by atoms with E-state index in [4.69, 9.17) is 23.2 Å². The van der Waals surface area contributed by atoms with Crippen molar-refractivity contribution in [1.82, 2.24) is 15.1 Å². The van der Waals surface area contributed by atoms with Gasteiger partial charge in [-0.2, -0.15) is 0 Å². The number of amides is 1. The molecule has 1 N–H and O–H groups in total. The lowest BCUT2D eigenvalue weighted by Crippen LogP contribution is -2.60. The molecular formula is C22H25Cl2N3O. The van der Waals surface area contributed by atoms with Crippen molar-refractivity contribution in [2.75, 3.05) is 33.2 Å². The van der Waals surface area contributed by atoms with E-state index in [1.165, 1.54) is 5.56 Å². The molecule has 4 rings (SSSR count). The Bertz CT molecular complexity index is 862. The van der Waals surface area contributed by atoms with E-state index in [0.717, 1.165) is 50.1 Å². The van der Waals surface area contributed by atoms with Crippen LogP contribution in [-0.4, -0.2) is 48.9 Å². The van der Waals surface area contributed by atoms with E-state index in [0.29, 0.717) is 16.6 Å². The van der Waals surface area contributed by atoms with Crippen LogP contribution in [0.2, 0.25) is 10.0 Å². The number of fused-ring (bicyclic) bond motifs is 1. The predicted octanol–water partition coefficient (Wildman–Crippen LogP) is 3.70. The largest absolute Gasteiger partial charge is 0.340 e. The van der Waals surface area contributed by atoms with Gasteiger partial charge in [-0.3, -0.25) is 9.69 Å². The third-order valence-electron chi connectivity index (χ3n) is 5.92. The lowest BCUT2D eigenvalue weighted by Gasteiger charge is -2.44. The number of likely N-dealkylation sites (N-methyl/N-ethyl adjacent to an activating group) is 1. The number of nitrogens with one attached hydrogen (secondary N) is 1. The summed E-state index contributed by atoms with van der Waals surface area (Å²) < 4.78 is 0. The molecule has 1 amide bonds. The molecule has 2 aromatic carbocycles. The number of aryl methyl sites for hydroxylation is 1. The van der Waals surface area contributed by atoms with E-state index in [2.05, 4.69) is 28.4 Å². The van der Waals surface area contributed by atoms with Crippen molar-refractivity contribution in [3.8, 4) is 0 Å². The highest BCUT2D eigenvalue weighted by Gasteiger charge is 2.50. The minimum atomic E-state index is -0.587. The van der Waals surface area contributed by atoms with Crippen LogP contribution in [0.15, 0.2) is 42.5 Å². The Morgan fingerprint density at radius 1 is 1.14 bits per heavy atom. The van der Waals surface area contributed by atoms with Gasteiger partial charge in [0.1, 0.15) is 5.54 Å². The van der Waals surface area contributed by atoms with Gasteiger partial charge in [0, 0.05) is 49.8 Å².